The van der Waals surface area contributed by atoms with Crippen LogP contribution in [0, 0.1) is 20.8 Å². The molecule has 0 atom stereocenters. The van der Waals surface area contributed by atoms with Crippen molar-refractivity contribution < 1.29 is 0 Å². The van der Waals surface area contributed by atoms with E-state index in [-0.39, 0.29) is 0 Å². The Bertz CT molecular complexity index is 1690. The Morgan fingerprint density at radius 1 is 0.514 bits per heavy atom. The molecule has 180 valence electrons. The molecule has 0 aliphatic heterocycles. The van der Waals surface area contributed by atoms with Crippen LogP contribution in [-0.2, 0) is 0 Å². The lowest BCUT2D eigenvalue weighted by atomic mass is 9.94. The highest BCUT2D eigenvalue weighted by atomic mass is 15.1. The minimum atomic E-state index is 1.14. The Hall–Kier alpha value is -4.56. The molecule has 2 nitrogen and oxygen atoms in total. The zero-order valence-corrected chi connectivity index (χ0v) is 21.5. The highest BCUT2D eigenvalue weighted by Gasteiger charge is 2.16. The van der Waals surface area contributed by atoms with Gasteiger partial charge in [0.05, 0.1) is 5.52 Å². The topological polar surface area (TPSA) is 8.17 Å². The number of hydrogen-bond acceptors (Lipinski definition) is 1. The van der Waals surface area contributed by atoms with E-state index >= 15 is 0 Å². The third-order valence-corrected chi connectivity index (χ3v) is 7.13. The van der Waals surface area contributed by atoms with Crippen molar-refractivity contribution in [1.82, 2.24) is 4.57 Å². The molecule has 0 unspecified atom stereocenters. The fraction of sp³-hybridized carbons (Fsp3) is 0.0857. The van der Waals surface area contributed by atoms with E-state index < -0.39 is 0 Å². The number of aryl methyl sites for hydroxylation is 3. The second kappa shape index (κ2) is 9.48. The smallest absolute Gasteiger partial charge is 0.0529 e. The Morgan fingerprint density at radius 3 is 1.97 bits per heavy atom. The van der Waals surface area contributed by atoms with Crippen molar-refractivity contribution >= 4 is 28.0 Å². The van der Waals surface area contributed by atoms with Crippen LogP contribution in [0.5, 0.6) is 0 Å². The van der Waals surface area contributed by atoms with E-state index in [1.165, 1.54) is 44.4 Å². The van der Waals surface area contributed by atoms with Gasteiger partial charge in [0.1, 0.15) is 0 Å². The fourth-order valence-corrected chi connectivity index (χ4v) is 5.22. The van der Waals surface area contributed by atoms with Crippen molar-refractivity contribution in [2.45, 2.75) is 20.8 Å². The molecule has 0 N–H and O–H groups in total. The summed E-state index contributed by atoms with van der Waals surface area (Å²) in [5.41, 5.74) is 12.2. The fourth-order valence-electron chi connectivity index (χ4n) is 5.22. The van der Waals surface area contributed by atoms with Gasteiger partial charge in [0, 0.05) is 34.3 Å². The normalized spacial score (nSPS) is 11.1. The summed E-state index contributed by atoms with van der Waals surface area (Å²) in [6.45, 7) is 6.56. The van der Waals surface area contributed by atoms with E-state index in [4.69, 9.17) is 0 Å². The number of para-hydroxylation sites is 2. The lowest BCUT2D eigenvalue weighted by Crippen LogP contribution is -2.10. The summed E-state index contributed by atoms with van der Waals surface area (Å²) < 4.78 is 2.25. The predicted molar refractivity (Wildman–Crippen MR) is 158 cm³/mol. The zero-order valence-electron chi connectivity index (χ0n) is 21.5. The van der Waals surface area contributed by atoms with Crippen LogP contribution in [0.4, 0.5) is 17.1 Å². The molecule has 2 heteroatoms. The van der Waals surface area contributed by atoms with Crippen LogP contribution < -0.4 is 4.90 Å². The van der Waals surface area contributed by atoms with Crippen LogP contribution in [-0.4, -0.2) is 4.57 Å². The molecule has 0 fully saturated rings. The number of fused-ring (bicyclic) bond motifs is 1. The first kappa shape index (κ1) is 22.9. The van der Waals surface area contributed by atoms with E-state index in [2.05, 4.69) is 158 Å². The van der Waals surface area contributed by atoms with Gasteiger partial charge in [0.2, 0.25) is 0 Å². The van der Waals surface area contributed by atoms with Gasteiger partial charge in [-0.3, -0.25) is 0 Å². The summed E-state index contributed by atoms with van der Waals surface area (Å²) in [6.07, 6.45) is 2.15. The Balaban J connectivity index is 1.46. The van der Waals surface area contributed by atoms with Crippen LogP contribution in [0.1, 0.15) is 16.7 Å². The number of anilines is 3. The maximum Gasteiger partial charge on any atom is 0.0529 e. The molecule has 1 heterocycles. The average molecular weight is 479 g/mol. The number of rotatable bonds is 5. The quantitative estimate of drug-likeness (QED) is 0.239. The second-order valence-corrected chi connectivity index (χ2v) is 9.75. The molecule has 0 spiro atoms. The molecule has 0 bridgehead atoms. The summed E-state index contributed by atoms with van der Waals surface area (Å²) >= 11 is 0. The Kier molecular flexibility index (Phi) is 5.86. The summed E-state index contributed by atoms with van der Waals surface area (Å²) in [7, 11) is 0. The number of nitrogens with zero attached hydrogens (tertiary/aromatic N) is 2. The molecular formula is C35H30N2. The molecule has 6 rings (SSSR count). The van der Waals surface area contributed by atoms with Crippen molar-refractivity contribution in [2.24, 2.45) is 0 Å². The third kappa shape index (κ3) is 4.32. The number of hydrogen-bond donors (Lipinski definition) is 0. The van der Waals surface area contributed by atoms with Crippen LogP contribution in [0.25, 0.3) is 27.7 Å². The maximum absolute atomic E-state index is 2.35. The zero-order chi connectivity index (χ0) is 25.4. The van der Waals surface area contributed by atoms with Gasteiger partial charge in [-0.1, -0.05) is 66.2 Å². The van der Waals surface area contributed by atoms with Gasteiger partial charge in [0.15, 0.2) is 0 Å². The van der Waals surface area contributed by atoms with Gasteiger partial charge in [-0.05, 0) is 104 Å². The molecule has 0 radical (unpaired) electrons. The van der Waals surface area contributed by atoms with Crippen molar-refractivity contribution in [2.75, 3.05) is 4.90 Å². The molecule has 0 saturated carbocycles. The maximum atomic E-state index is 2.35. The van der Waals surface area contributed by atoms with Crippen molar-refractivity contribution in [3.05, 3.63) is 144 Å². The van der Waals surface area contributed by atoms with E-state index in [1.54, 1.807) is 0 Å². The van der Waals surface area contributed by atoms with Crippen molar-refractivity contribution in [3.63, 3.8) is 0 Å². The SMILES string of the molecule is Cc1ccc(C)c(-c2ccc(N(c3ccccc3)c3ccc4c(ccn4-c4ccccc4)c3)cc2C)c1. The van der Waals surface area contributed by atoms with E-state index in [1.807, 2.05) is 0 Å². The number of aromatic nitrogens is 1. The van der Waals surface area contributed by atoms with Gasteiger partial charge >= 0.3 is 0 Å². The Morgan fingerprint density at radius 2 is 1.22 bits per heavy atom. The van der Waals surface area contributed by atoms with E-state index in [0.29, 0.717) is 0 Å². The van der Waals surface area contributed by atoms with E-state index in [0.717, 1.165) is 17.1 Å². The molecule has 0 saturated heterocycles. The molecule has 1 aromatic heterocycles. The lowest BCUT2D eigenvalue weighted by molar-refractivity contribution is 1.13. The molecule has 5 aromatic carbocycles. The number of benzene rings is 5. The standard InChI is InChI=1S/C35H30N2/c1-25-14-15-26(2)34(22-25)33-18-16-31(23-27(33)3)37(30-12-8-5-9-13-30)32-17-19-35-28(24-32)20-21-36(35)29-10-6-4-7-11-29/h4-24H,1-3H3. The van der Waals surface area contributed by atoms with Gasteiger partial charge < -0.3 is 9.47 Å². The summed E-state index contributed by atoms with van der Waals surface area (Å²) in [5, 5.41) is 1.21. The van der Waals surface area contributed by atoms with E-state index in [9.17, 15) is 0 Å². The minimum Gasteiger partial charge on any atom is -0.317 e. The molecular weight excluding hydrogens is 448 g/mol. The van der Waals surface area contributed by atoms with Gasteiger partial charge in [-0.25, -0.2) is 0 Å². The van der Waals surface area contributed by atoms with Crippen LogP contribution in [0.3, 0.4) is 0 Å². The average Bonchev–Trinajstić information content (AvgIpc) is 3.35. The molecule has 0 aliphatic carbocycles. The highest BCUT2D eigenvalue weighted by molar-refractivity contribution is 5.89. The molecule has 6 aromatic rings. The molecule has 0 amide bonds. The highest BCUT2D eigenvalue weighted by Crippen LogP contribution is 2.39. The van der Waals surface area contributed by atoms with Crippen LogP contribution >= 0.6 is 0 Å². The molecule has 37 heavy (non-hydrogen) atoms. The Labute approximate surface area is 219 Å². The lowest BCUT2D eigenvalue weighted by Gasteiger charge is -2.26. The summed E-state index contributed by atoms with van der Waals surface area (Å²) in [4.78, 5) is 2.35. The third-order valence-electron chi connectivity index (χ3n) is 7.13. The van der Waals surface area contributed by atoms with Gasteiger partial charge in [-0.2, -0.15) is 0 Å². The van der Waals surface area contributed by atoms with Crippen molar-refractivity contribution in [3.8, 4) is 16.8 Å². The first-order chi connectivity index (χ1) is 18.1. The molecule has 0 aliphatic rings. The summed E-state index contributed by atoms with van der Waals surface area (Å²) in [6, 6.07) is 43.6. The first-order valence-corrected chi connectivity index (χ1v) is 12.8. The minimum absolute atomic E-state index is 1.14. The largest absolute Gasteiger partial charge is 0.317 e. The van der Waals surface area contributed by atoms with Gasteiger partial charge in [0.25, 0.3) is 0 Å². The second-order valence-electron chi connectivity index (χ2n) is 9.75. The predicted octanol–water partition coefficient (Wildman–Crippen LogP) is 9.69. The van der Waals surface area contributed by atoms with Gasteiger partial charge in [-0.15, -0.1) is 0 Å². The summed E-state index contributed by atoms with van der Waals surface area (Å²) in [5.74, 6) is 0. The van der Waals surface area contributed by atoms with Crippen molar-refractivity contribution in [1.29, 1.82) is 0 Å². The van der Waals surface area contributed by atoms with Crippen LogP contribution in [0.15, 0.2) is 128 Å². The first-order valence-electron chi connectivity index (χ1n) is 12.8. The van der Waals surface area contributed by atoms with Crippen LogP contribution in [0.2, 0.25) is 0 Å². The monoisotopic (exact) mass is 478 g/mol.